The average molecular weight is 230 g/mol. The number of carboxylic acid groups (broad SMARTS) is 1. The van der Waals surface area contributed by atoms with Crippen molar-refractivity contribution in [3.05, 3.63) is 42.5 Å². The van der Waals surface area contributed by atoms with Crippen molar-refractivity contribution in [3.63, 3.8) is 0 Å². The molecule has 0 bridgehead atoms. The first kappa shape index (κ1) is 10.9. The second-order valence-corrected chi connectivity index (χ2v) is 3.32. The van der Waals surface area contributed by atoms with Crippen LogP contribution in [0.3, 0.4) is 0 Å². The third-order valence-corrected chi connectivity index (χ3v) is 2.15. The summed E-state index contributed by atoms with van der Waals surface area (Å²) >= 11 is 0. The van der Waals surface area contributed by atoms with Crippen molar-refractivity contribution in [3.8, 4) is 17.1 Å². The molecule has 5 nitrogen and oxygen atoms in total. The molecule has 1 aromatic carbocycles. The van der Waals surface area contributed by atoms with Crippen LogP contribution in [0.15, 0.2) is 42.5 Å². The molecule has 2 rings (SSSR count). The molecule has 17 heavy (non-hydrogen) atoms. The van der Waals surface area contributed by atoms with E-state index in [9.17, 15) is 4.79 Å². The van der Waals surface area contributed by atoms with Crippen LogP contribution in [0.4, 0.5) is 10.5 Å². The van der Waals surface area contributed by atoms with Gasteiger partial charge in [-0.25, -0.2) is 9.78 Å². The van der Waals surface area contributed by atoms with Gasteiger partial charge in [-0.2, -0.15) is 0 Å². The van der Waals surface area contributed by atoms with E-state index in [4.69, 9.17) is 10.8 Å². The third kappa shape index (κ3) is 2.52. The second kappa shape index (κ2) is 4.52. The van der Waals surface area contributed by atoms with E-state index in [-0.39, 0.29) is 5.88 Å². The van der Waals surface area contributed by atoms with Gasteiger partial charge in [0.15, 0.2) is 0 Å². The zero-order valence-corrected chi connectivity index (χ0v) is 8.83. The Morgan fingerprint density at radius 2 is 1.94 bits per heavy atom. The van der Waals surface area contributed by atoms with Crippen LogP contribution >= 0.6 is 0 Å². The smallest absolute Gasteiger partial charge is 0.449 e. The van der Waals surface area contributed by atoms with E-state index in [0.717, 1.165) is 5.56 Å². The van der Waals surface area contributed by atoms with Crippen LogP contribution in [0, 0.1) is 0 Å². The molecule has 0 aliphatic heterocycles. The number of hydrogen-bond donors (Lipinski definition) is 2. The normalized spacial score (nSPS) is 9.88. The van der Waals surface area contributed by atoms with E-state index in [1.807, 2.05) is 18.2 Å². The molecule has 2 aromatic rings. The van der Waals surface area contributed by atoms with Crippen LogP contribution in [0.25, 0.3) is 11.3 Å². The molecule has 0 fully saturated rings. The van der Waals surface area contributed by atoms with Gasteiger partial charge in [-0.3, -0.25) is 0 Å². The summed E-state index contributed by atoms with van der Waals surface area (Å²) in [6.45, 7) is 0. The van der Waals surface area contributed by atoms with Crippen molar-refractivity contribution in [1.82, 2.24) is 4.98 Å². The van der Waals surface area contributed by atoms with Crippen molar-refractivity contribution in [1.29, 1.82) is 0 Å². The number of rotatable bonds is 2. The number of pyridine rings is 1. The van der Waals surface area contributed by atoms with Crippen LogP contribution in [-0.2, 0) is 0 Å². The minimum absolute atomic E-state index is 0.0262. The molecule has 0 spiro atoms. The highest BCUT2D eigenvalue weighted by molar-refractivity contribution is 5.73. The minimum Gasteiger partial charge on any atom is -0.449 e. The molecule has 0 saturated heterocycles. The predicted molar refractivity (Wildman–Crippen MR) is 62.7 cm³/mol. The van der Waals surface area contributed by atoms with E-state index in [0.29, 0.717) is 11.4 Å². The Morgan fingerprint density at radius 3 is 2.65 bits per heavy atom. The fourth-order valence-electron chi connectivity index (χ4n) is 1.44. The quantitative estimate of drug-likeness (QED) is 0.611. The van der Waals surface area contributed by atoms with Crippen LogP contribution < -0.4 is 10.5 Å². The molecule has 0 unspecified atom stereocenters. The monoisotopic (exact) mass is 230 g/mol. The summed E-state index contributed by atoms with van der Waals surface area (Å²) in [7, 11) is 0. The number of hydrogen-bond acceptors (Lipinski definition) is 4. The first-order valence-electron chi connectivity index (χ1n) is 4.89. The SMILES string of the molecule is Nc1ccccc1-c1cccc(OC(=O)O)n1. The highest BCUT2D eigenvalue weighted by Gasteiger charge is 2.06. The molecule has 0 radical (unpaired) electrons. The average Bonchev–Trinajstić information content (AvgIpc) is 2.29. The highest BCUT2D eigenvalue weighted by Crippen LogP contribution is 2.25. The van der Waals surface area contributed by atoms with Crippen molar-refractivity contribution in [2.24, 2.45) is 0 Å². The number of aromatic nitrogens is 1. The standard InChI is InChI=1S/C12H10N2O3/c13-9-5-2-1-4-8(9)10-6-3-7-11(14-10)17-12(15)16/h1-7H,13H2,(H,15,16). The van der Waals surface area contributed by atoms with Gasteiger partial charge < -0.3 is 15.6 Å². The van der Waals surface area contributed by atoms with E-state index in [1.54, 1.807) is 18.2 Å². The Bertz CT molecular complexity index is 555. The Balaban J connectivity index is 2.40. The van der Waals surface area contributed by atoms with Crippen LogP contribution in [0.1, 0.15) is 0 Å². The predicted octanol–water partition coefficient (Wildman–Crippen LogP) is 2.39. The maximum atomic E-state index is 10.4. The first-order valence-corrected chi connectivity index (χ1v) is 4.89. The number of nitrogen functional groups attached to an aromatic ring is 1. The van der Waals surface area contributed by atoms with Crippen molar-refractivity contribution >= 4 is 11.8 Å². The van der Waals surface area contributed by atoms with Gasteiger partial charge in [0.1, 0.15) is 0 Å². The van der Waals surface area contributed by atoms with Crippen molar-refractivity contribution in [2.75, 3.05) is 5.73 Å². The summed E-state index contributed by atoms with van der Waals surface area (Å²) in [5.74, 6) is 0.0262. The van der Waals surface area contributed by atoms with E-state index in [2.05, 4.69) is 9.72 Å². The Morgan fingerprint density at radius 1 is 1.18 bits per heavy atom. The maximum Gasteiger partial charge on any atom is 0.512 e. The van der Waals surface area contributed by atoms with Gasteiger partial charge in [0.05, 0.1) is 5.69 Å². The Hall–Kier alpha value is -2.56. The topological polar surface area (TPSA) is 85.4 Å². The lowest BCUT2D eigenvalue weighted by Crippen LogP contribution is -2.04. The molecule has 1 aromatic heterocycles. The van der Waals surface area contributed by atoms with Crippen molar-refractivity contribution < 1.29 is 14.6 Å². The molecule has 3 N–H and O–H groups in total. The number of para-hydroxylation sites is 1. The van der Waals surface area contributed by atoms with Gasteiger partial charge in [-0.15, -0.1) is 0 Å². The van der Waals surface area contributed by atoms with Gasteiger partial charge in [-0.05, 0) is 12.1 Å². The lowest BCUT2D eigenvalue weighted by atomic mass is 10.1. The van der Waals surface area contributed by atoms with Gasteiger partial charge in [0.2, 0.25) is 5.88 Å². The largest absolute Gasteiger partial charge is 0.512 e. The number of anilines is 1. The molecule has 5 heteroatoms. The molecule has 86 valence electrons. The lowest BCUT2D eigenvalue weighted by Gasteiger charge is -2.05. The van der Waals surface area contributed by atoms with E-state index < -0.39 is 6.16 Å². The zero-order chi connectivity index (χ0) is 12.3. The van der Waals surface area contributed by atoms with Gasteiger partial charge in [-0.1, -0.05) is 24.3 Å². The van der Waals surface area contributed by atoms with Gasteiger partial charge in [0.25, 0.3) is 0 Å². The molecule has 0 atom stereocenters. The highest BCUT2D eigenvalue weighted by atomic mass is 16.7. The summed E-state index contributed by atoms with van der Waals surface area (Å²) in [4.78, 5) is 14.5. The molecule has 0 aliphatic rings. The molecular formula is C12H10N2O3. The maximum absolute atomic E-state index is 10.4. The lowest BCUT2D eigenvalue weighted by molar-refractivity contribution is 0.142. The van der Waals surface area contributed by atoms with Crippen LogP contribution in [0.5, 0.6) is 5.88 Å². The molecule has 0 saturated carbocycles. The minimum atomic E-state index is -1.39. The summed E-state index contributed by atoms with van der Waals surface area (Å²) in [6.07, 6.45) is -1.39. The van der Waals surface area contributed by atoms with E-state index >= 15 is 0 Å². The summed E-state index contributed by atoms with van der Waals surface area (Å²) in [6, 6.07) is 12.1. The van der Waals surface area contributed by atoms with Crippen LogP contribution in [-0.4, -0.2) is 16.2 Å². The fraction of sp³-hybridized carbons (Fsp3) is 0. The Labute approximate surface area is 97.5 Å². The summed E-state index contributed by atoms with van der Waals surface area (Å²) in [5, 5.41) is 8.50. The molecule has 1 heterocycles. The number of nitrogens with two attached hydrogens (primary N) is 1. The number of ether oxygens (including phenoxy) is 1. The Kier molecular flexibility index (Phi) is 2.91. The number of carbonyl (C=O) groups is 1. The zero-order valence-electron chi connectivity index (χ0n) is 8.83. The van der Waals surface area contributed by atoms with Gasteiger partial charge in [0, 0.05) is 17.3 Å². The van der Waals surface area contributed by atoms with Crippen molar-refractivity contribution in [2.45, 2.75) is 0 Å². The van der Waals surface area contributed by atoms with E-state index in [1.165, 1.54) is 6.07 Å². The molecule has 0 aliphatic carbocycles. The van der Waals surface area contributed by atoms with Crippen LogP contribution in [0.2, 0.25) is 0 Å². The third-order valence-electron chi connectivity index (χ3n) is 2.15. The van der Waals surface area contributed by atoms with Gasteiger partial charge >= 0.3 is 6.16 Å². The second-order valence-electron chi connectivity index (χ2n) is 3.32. The number of benzene rings is 1. The summed E-state index contributed by atoms with van der Waals surface area (Å²) < 4.78 is 4.48. The fourth-order valence-corrected chi connectivity index (χ4v) is 1.44. The molecule has 0 amide bonds. The first-order chi connectivity index (χ1) is 8.16. The number of nitrogens with zero attached hydrogens (tertiary/aromatic N) is 1. The molecular weight excluding hydrogens is 220 g/mol. The summed E-state index contributed by atoms with van der Waals surface area (Å²) in [5.41, 5.74) is 7.69.